The first-order valence-electron chi connectivity index (χ1n) is 8.25. The summed E-state index contributed by atoms with van der Waals surface area (Å²) in [7, 11) is 1.57. The van der Waals surface area contributed by atoms with Crippen LogP contribution in [0.5, 0.6) is 11.5 Å². The Kier molecular flexibility index (Phi) is 11.5. The molecule has 0 aliphatic heterocycles. The minimum Gasteiger partial charge on any atom is -0.493 e. The zero-order valence-corrected chi connectivity index (χ0v) is 17.3. The lowest BCUT2D eigenvalue weighted by atomic mass is 10.0. The molecule has 0 saturated heterocycles. The van der Waals surface area contributed by atoms with E-state index in [9.17, 15) is 4.79 Å². The Hall–Kier alpha value is -2.02. The number of hydrogen-bond donors (Lipinski definition) is 2. The largest absolute Gasteiger partial charge is 0.493 e. The molecule has 3 N–H and O–H groups in total. The second-order valence-electron chi connectivity index (χ2n) is 6.24. The molecule has 1 amide bonds. The van der Waals surface area contributed by atoms with Crippen LogP contribution in [0.25, 0.3) is 0 Å². The van der Waals surface area contributed by atoms with Gasteiger partial charge in [0.05, 0.1) is 13.2 Å². The number of carbonyl (C=O) groups is 1. The van der Waals surface area contributed by atoms with Gasteiger partial charge in [0.15, 0.2) is 11.5 Å². The highest BCUT2D eigenvalue weighted by atomic mass is 35.5. The van der Waals surface area contributed by atoms with Crippen molar-refractivity contribution in [3.05, 3.63) is 48.3 Å². The number of carbonyl (C=O) groups excluding carboxylic acids is 1. The number of nitrogens with one attached hydrogen (secondary N) is 1. The highest BCUT2D eigenvalue weighted by molar-refractivity contribution is 5.94. The molecule has 6 nitrogen and oxygen atoms in total. The number of anilines is 1. The lowest BCUT2D eigenvalue weighted by molar-refractivity contribution is -0.117. The van der Waals surface area contributed by atoms with Gasteiger partial charge in [-0.25, -0.2) is 0 Å². The Morgan fingerprint density at radius 1 is 1.15 bits per heavy atom. The summed E-state index contributed by atoms with van der Waals surface area (Å²) in [4.78, 5) is 16.2. The predicted octanol–water partition coefficient (Wildman–Crippen LogP) is 3.82. The molecule has 0 aliphatic rings. The number of methoxy groups -OCH3 is 1. The summed E-state index contributed by atoms with van der Waals surface area (Å²) < 4.78 is 11.1. The molecule has 0 aliphatic carbocycles. The molecule has 1 atom stereocenters. The van der Waals surface area contributed by atoms with Gasteiger partial charge in [0.2, 0.25) is 5.91 Å². The van der Waals surface area contributed by atoms with E-state index in [0.29, 0.717) is 36.1 Å². The van der Waals surface area contributed by atoms with Gasteiger partial charge >= 0.3 is 0 Å². The Morgan fingerprint density at radius 3 is 2.41 bits per heavy atom. The number of hydrogen-bond acceptors (Lipinski definition) is 5. The highest BCUT2D eigenvalue weighted by Crippen LogP contribution is 2.31. The van der Waals surface area contributed by atoms with Crippen molar-refractivity contribution in [1.29, 1.82) is 0 Å². The molecule has 0 spiro atoms. The van der Waals surface area contributed by atoms with E-state index < -0.39 is 6.04 Å². The molecule has 2 aromatic rings. The number of ether oxygens (including phenoxy) is 2. The fraction of sp³-hybridized carbons (Fsp3) is 0.368. The van der Waals surface area contributed by atoms with Gasteiger partial charge in [0.1, 0.15) is 6.61 Å². The third-order valence-corrected chi connectivity index (χ3v) is 3.64. The zero-order chi connectivity index (χ0) is 18.2. The van der Waals surface area contributed by atoms with E-state index in [0.717, 1.165) is 5.56 Å². The summed E-state index contributed by atoms with van der Waals surface area (Å²) in [6.45, 7) is 4.44. The summed E-state index contributed by atoms with van der Waals surface area (Å²) in [5.74, 6) is 1.29. The topological polar surface area (TPSA) is 86.5 Å². The molecule has 27 heavy (non-hydrogen) atoms. The second-order valence-corrected chi connectivity index (χ2v) is 6.24. The van der Waals surface area contributed by atoms with Crippen LogP contribution >= 0.6 is 24.8 Å². The monoisotopic (exact) mass is 415 g/mol. The summed E-state index contributed by atoms with van der Waals surface area (Å²) in [5.41, 5.74) is 7.53. The first-order chi connectivity index (χ1) is 12.0. The molecule has 2 rings (SSSR count). The molecule has 150 valence electrons. The summed E-state index contributed by atoms with van der Waals surface area (Å²) in [6, 6.07) is 8.47. The number of nitrogens with zero attached hydrogens (tertiary/aromatic N) is 1. The summed E-state index contributed by atoms with van der Waals surface area (Å²) in [6.07, 6.45) is 4.05. The first-order valence-corrected chi connectivity index (χ1v) is 8.25. The Labute approximate surface area is 172 Å². The van der Waals surface area contributed by atoms with Crippen molar-refractivity contribution in [3.63, 3.8) is 0 Å². The van der Waals surface area contributed by atoms with Gasteiger partial charge < -0.3 is 20.5 Å². The van der Waals surface area contributed by atoms with E-state index in [1.807, 2.05) is 26.0 Å². The zero-order valence-electron chi connectivity index (χ0n) is 15.7. The van der Waals surface area contributed by atoms with E-state index in [2.05, 4.69) is 10.3 Å². The average Bonchev–Trinajstić information content (AvgIpc) is 2.60. The number of amides is 1. The van der Waals surface area contributed by atoms with Gasteiger partial charge in [-0.2, -0.15) is 0 Å². The Morgan fingerprint density at radius 2 is 1.81 bits per heavy atom. The van der Waals surface area contributed by atoms with Gasteiger partial charge in [-0.3, -0.25) is 9.78 Å². The predicted molar refractivity (Wildman–Crippen MR) is 112 cm³/mol. The molecule has 0 saturated carbocycles. The SMILES string of the molecule is COc1ccc(NC(=O)[C@@H](N)CC(C)C)cc1OCc1ccncc1.Cl.Cl. The Balaban J connectivity index is 0.00000338. The molecule has 1 aromatic carbocycles. The van der Waals surface area contributed by atoms with Crippen molar-refractivity contribution in [2.45, 2.75) is 32.9 Å². The summed E-state index contributed by atoms with van der Waals surface area (Å²) in [5, 5.41) is 2.83. The van der Waals surface area contributed by atoms with Crippen molar-refractivity contribution in [1.82, 2.24) is 4.98 Å². The van der Waals surface area contributed by atoms with Crippen LogP contribution in [0.2, 0.25) is 0 Å². The molecule has 0 bridgehead atoms. The van der Waals surface area contributed by atoms with Crippen LogP contribution in [0.4, 0.5) is 5.69 Å². The standard InChI is InChI=1S/C19H25N3O3.2ClH/c1-13(2)10-16(20)19(23)22-15-4-5-17(24-3)18(11-15)25-12-14-6-8-21-9-7-14;;/h4-9,11,13,16H,10,12,20H2,1-3H3,(H,22,23);2*1H/t16-;;/m0../s1. The van der Waals surface area contributed by atoms with Crippen molar-refractivity contribution >= 4 is 36.4 Å². The van der Waals surface area contributed by atoms with Crippen molar-refractivity contribution < 1.29 is 14.3 Å². The number of pyridine rings is 1. The normalized spacial score (nSPS) is 11.0. The molecule has 1 heterocycles. The minimum absolute atomic E-state index is 0. The van der Waals surface area contributed by atoms with Crippen molar-refractivity contribution in [3.8, 4) is 11.5 Å². The number of benzene rings is 1. The average molecular weight is 416 g/mol. The smallest absolute Gasteiger partial charge is 0.241 e. The van der Waals surface area contributed by atoms with Gasteiger partial charge in [-0.15, -0.1) is 24.8 Å². The van der Waals surface area contributed by atoms with Crippen LogP contribution in [0, 0.1) is 5.92 Å². The number of rotatable bonds is 8. The van der Waals surface area contributed by atoms with Gasteiger partial charge in [-0.05, 0) is 42.2 Å². The van der Waals surface area contributed by atoms with E-state index >= 15 is 0 Å². The molecule has 8 heteroatoms. The van der Waals surface area contributed by atoms with E-state index in [1.165, 1.54) is 0 Å². The number of nitrogens with two attached hydrogens (primary N) is 1. The second kappa shape index (κ2) is 12.4. The maximum absolute atomic E-state index is 12.2. The lowest BCUT2D eigenvalue weighted by Crippen LogP contribution is -2.36. The number of halogens is 2. The van der Waals surface area contributed by atoms with Gasteiger partial charge in [-0.1, -0.05) is 13.8 Å². The van der Waals surface area contributed by atoms with Crippen LogP contribution in [0.15, 0.2) is 42.7 Å². The molecular weight excluding hydrogens is 389 g/mol. The molecule has 0 fully saturated rings. The Bertz CT molecular complexity index is 700. The number of aromatic nitrogens is 1. The fourth-order valence-corrected chi connectivity index (χ4v) is 2.36. The van der Waals surface area contributed by atoms with Crippen LogP contribution < -0.4 is 20.5 Å². The minimum atomic E-state index is -0.539. The van der Waals surface area contributed by atoms with Gasteiger partial charge in [0.25, 0.3) is 0 Å². The maximum Gasteiger partial charge on any atom is 0.241 e. The van der Waals surface area contributed by atoms with Crippen LogP contribution in [0.3, 0.4) is 0 Å². The van der Waals surface area contributed by atoms with E-state index in [-0.39, 0.29) is 30.7 Å². The third kappa shape index (κ3) is 8.03. The van der Waals surface area contributed by atoms with Crippen LogP contribution in [0.1, 0.15) is 25.8 Å². The highest BCUT2D eigenvalue weighted by Gasteiger charge is 2.16. The molecular formula is C19H27Cl2N3O3. The molecule has 1 aromatic heterocycles. The van der Waals surface area contributed by atoms with Crippen LogP contribution in [-0.2, 0) is 11.4 Å². The summed E-state index contributed by atoms with van der Waals surface area (Å²) >= 11 is 0. The van der Waals surface area contributed by atoms with E-state index in [1.54, 1.807) is 37.7 Å². The fourth-order valence-electron chi connectivity index (χ4n) is 2.36. The first kappa shape index (κ1) is 25.0. The molecule has 0 radical (unpaired) electrons. The lowest BCUT2D eigenvalue weighted by Gasteiger charge is -2.16. The van der Waals surface area contributed by atoms with Crippen molar-refractivity contribution in [2.75, 3.05) is 12.4 Å². The third-order valence-electron chi connectivity index (χ3n) is 3.64. The molecule has 0 unspecified atom stereocenters. The van der Waals surface area contributed by atoms with Crippen molar-refractivity contribution in [2.24, 2.45) is 11.7 Å². The van der Waals surface area contributed by atoms with E-state index in [4.69, 9.17) is 15.2 Å². The van der Waals surface area contributed by atoms with Gasteiger partial charge in [0, 0.05) is 24.1 Å². The quantitative estimate of drug-likeness (QED) is 0.683. The maximum atomic E-state index is 12.2. The van der Waals surface area contributed by atoms with Crippen LogP contribution in [-0.4, -0.2) is 24.0 Å².